The van der Waals surface area contributed by atoms with E-state index >= 15 is 0 Å². The first-order valence-corrected chi connectivity index (χ1v) is 4.02. The summed E-state index contributed by atoms with van der Waals surface area (Å²) in [4.78, 5) is 0. The Bertz CT molecular complexity index is 174. The zero-order valence-electron chi connectivity index (χ0n) is 7.68. The molecule has 0 aliphatic heterocycles. The minimum absolute atomic E-state index is 0.470. The standard InChI is InChI=1S/C11H16O/c1-5-8-9-11(4,7-3)12-10-6-2/h3,5-6H,1-2,8-10H2,4H3. The van der Waals surface area contributed by atoms with E-state index in [9.17, 15) is 0 Å². The molecule has 0 radical (unpaired) electrons. The Hall–Kier alpha value is -1.00. The van der Waals surface area contributed by atoms with Crippen molar-refractivity contribution in [2.24, 2.45) is 0 Å². The van der Waals surface area contributed by atoms with Gasteiger partial charge in [0.2, 0.25) is 0 Å². The monoisotopic (exact) mass is 164 g/mol. The van der Waals surface area contributed by atoms with E-state index < -0.39 is 5.60 Å². The van der Waals surface area contributed by atoms with Crippen molar-refractivity contribution in [1.29, 1.82) is 0 Å². The summed E-state index contributed by atoms with van der Waals surface area (Å²) in [6.45, 7) is 9.60. The van der Waals surface area contributed by atoms with Gasteiger partial charge >= 0.3 is 0 Å². The van der Waals surface area contributed by atoms with Gasteiger partial charge in [0.05, 0.1) is 6.61 Å². The molecule has 66 valence electrons. The van der Waals surface area contributed by atoms with Crippen LogP contribution >= 0.6 is 0 Å². The van der Waals surface area contributed by atoms with Gasteiger partial charge in [-0.1, -0.05) is 18.1 Å². The third-order valence-electron chi connectivity index (χ3n) is 1.65. The van der Waals surface area contributed by atoms with Crippen LogP contribution in [0.4, 0.5) is 0 Å². The molecule has 0 bridgehead atoms. The Morgan fingerprint density at radius 1 is 1.50 bits per heavy atom. The number of rotatable bonds is 6. The van der Waals surface area contributed by atoms with Crippen molar-refractivity contribution in [1.82, 2.24) is 0 Å². The molecule has 1 unspecified atom stereocenters. The molecule has 0 spiro atoms. The number of hydrogen-bond acceptors (Lipinski definition) is 1. The van der Waals surface area contributed by atoms with Crippen molar-refractivity contribution in [2.45, 2.75) is 25.4 Å². The SMILES string of the molecule is C#CC(C)(CCC=C)OCC=C. The highest BCUT2D eigenvalue weighted by Crippen LogP contribution is 2.16. The maximum absolute atomic E-state index is 5.43. The Labute approximate surface area is 75.1 Å². The molecular weight excluding hydrogens is 148 g/mol. The van der Waals surface area contributed by atoms with Crippen LogP contribution in [-0.2, 0) is 4.74 Å². The minimum Gasteiger partial charge on any atom is -0.359 e. The summed E-state index contributed by atoms with van der Waals surface area (Å²) in [5.41, 5.74) is -0.470. The van der Waals surface area contributed by atoms with Gasteiger partial charge in [0.1, 0.15) is 5.60 Å². The number of hydrogen-bond donors (Lipinski definition) is 0. The van der Waals surface area contributed by atoms with Gasteiger partial charge in [-0.2, -0.15) is 0 Å². The summed E-state index contributed by atoms with van der Waals surface area (Å²) < 4.78 is 5.43. The smallest absolute Gasteiger partial charge is 0.126 e. The lowest BCUT2D eigenvalue weighted by Crippen LogP contribution is -2.26. The second-order valence-corrected chi connectivity index (χ2v) is 2.80. The van der Waals surface area contributed by atoms with Gasteiger partial charge in [-0.3, -0.25) is 0 Å². The molecule has 1 heteroatoms. The first kappa shape index (κ1) is 11.0. The lowest BCUT2D eigenvalue weighted by molar-refractivity contribution is 0.0260. The van der Waals surface area contributed by atoms with Gasteiger partial charge in [0.25, 0.3) is 0 Å². The fourth-order valence-electron chi connectivity index (χ4n) is 0.806. The normalized spacial score (nSPS) is 14.3. The molecule has 1 atom stereocenters. The summed E-state index contributed by atoms with van der Waals surface area (Å²) in [6.07, 6.45) is 10.6. The predicted molar refractivity (Wildman–Crippen MR) is 52.8 cm³/mol. The minimum atomic E-state index is -0.470. The molecule has 0 amide bonds. The van der Waals surface area contributed by atoms with Gasteiger partial charge in [-0.25, -0.2) is 0 Å². The quantitative estimate of drug-likeness (QED) is 0.433. The van der Waals surface area contributed by atoms with Crippen molar-refractivity contribution >= 4 is 0 Å². The number of allylic oxidation sites excluding steroid dienone is 1. The third kappa shape index (κ3) is 4.00. The summed E-state index contributed by atoms with van der Waals surface area (Å²) >= 11 is 0. The van der Waals surface area contributed by atoms with E-state index in [4.69, 9.17) is 11.2 Å². The molecular formula is C11H16O. The highest BCUT2D eigenvalue weighted by molar-refractivity contribution is 5.06. The maximum atomic E-state index is 5.43. The molecule has 0 aromatic heterocycles. The van der Waals surface area contributed by atoms with Gasteiger partial charge in [0.15, 0.2) is 0 Å². The molecule has 0 aliphatic carbocycles. The molecule has 0 aliphatic rings. The van der Waals surface area contributed by atoms with Crippen LogP contribution in [0.5, 0.6) is 0 Å². The zero-order valence-corrected chi connectivity index (χ0v) is 7.68. The van der Waals surface area contributed by atoms with Crippen LogP contribution in [0.3, 0.4) is 0 Å². The molecule has 0 saturated carbocycles. The van der Waals surface area contributed by atoms with Crippen LogP contribution in [0.2, 0.25) is 0 Å². The number of terminal acetylenes is 1. The van der Waals surface area contributed by atoms with Crippen molar-refractivity contribution in [3.63, 3.8) is 0 Å². The van der Waals surface area contributed by atoms with Gasteiger partial charge < -0.3 is 4.74 Å². The van der Waals surface area contributed by atoms with Gasteiger partial charge in [-0.05, 0) is 19.8 Å². The molecule has 0 rings (SSSR count). The first-order chi connectivity index (χ1) is 5.68. The second-order valence-electron chi connectivity index (χ2n) is 2.80. The van der Waals surface area contributed by atoms with E-state index in [1.54, 1.807) is 6.08 Å². The molecule has 0 aromatic carbocycles. The molecule has 12 heavy (non-hydrogen) atoms. The van der Waals surface area contributed by atoms with E-state index in [1.807, 2.05) is 13.0 Å². The lowest BCUT2D eigenvalue weighted by Gasteiger charge is -2.22. The Morgan fingerprint density at radius 3 is 2.58 bits per heavy atom. The van der Waals surface area contributed by atoms with Crippen LogP contribution < -0.4 is 0 Å². The lowest BCUT2D eigenvalue weighted by atomic mass is 10.0. The van der Waals surface area contributed by atoms with Gasteiger partial charge in [-0.15, -0.1) is 19.6 Å². The Morgan fingerprint density at radius 2 is 2.17 bits per heavy atom. The van der Waals surface area contributed by atoms with Crippen molar-refractivity contribution in [3.05, 3.63) is 25.3 Å². The fourth-order valence-corrected chi connectivity index (χ4v) is 0.806. The highest BCUT2D eigenvalue weighted by atomic mass is 16.5. The van der Waals surface area contributed by atoms with Crippen LogP contribution in [0, 0.1) is 12.3 Å². The molecule has 0 aromatic rings. The molecule has 0 saturated heterocycles. The fraction of sp³-hybridized carbons (Fsp3) is 0.455. The molecule has 1 nitrogen and oxygen atoms in total. The van der Waals surface area contributed by atoms with E-state index in [2.05, 4.69) is 19.1 Å². The van der Waals surface area contributed by atoms with E-state index in [0.717, 1.165) is 12.8 Å². The van der Waals surface area contributed by atoms with Crippen LogP contribution in [0.25, 0.3) is 0 Å². The molecule has 0 fully saturated rings. The summed E-state index contributed by atoms with van der Waals surface area (Å²) in [6, 6.07) is 0. The first-order valence-electron chi connectivity index (χ1n) is 4.02. The second kappa shape index (κ2) is 5.62. The maximum Gasteiger partial charge on any atom is 0.126 e. The van der Waals surface area contributed by atoms with Crippen LogP contribution in [0.15, 0.2) is 25.3 Å². The summed E-state index contributed by atoms with van der Waals surface area (Å²) in [7, 11) is 0. The zero-order chi connectivity index (χ0) is 9.45. The average Bonchev–Trinajstić information content (AvgIpc) is 2.11. The average molecular weight is 164 g/mol. The topological polar surface area (TPSA) is 9.23 Å². The van der Waals surface area contributed by atoms with Crippen LogP contribution in [0.1, 0.15) is 19.8 Å². The predicted octanol–water partition coefficient (Wildman–Crippen LogP) is 2.55. The Balaban J connectivity index is 3.96. The van der Waals surface area contributed by atoms with E-state index in [-0.39, 0.29) is 0 Å². The van der Waals surface area contributed by atoms with Crippen molar-refractivity contribution in [3.8, 4) is 12.3 Å². The molecule has 0 heterocycles. The largest absolute Gasteiger partial charge is 0.359 e. The molecule has 0 N–H and O–H groups in total. The van der Waals surface area contributed by atoms with E-state index in [1.165, 1.54) is 0 Å². The van der Waals surface area contributed by atoms with Crippen LogP contribution in [-0.4, -0.2) is 12.2 Å². The van der Waals surface area contributed by atoms with Gasteiger partial charge in [0, 0.05) is 0 Å². The highest BCUT2D eigenvalue weighted by Gasteiger charge is 2.19. The summed E-state index contributed by atoms with van der Waals surface area (Å²) in [5.74, 6) is 2.63. The third-order valence-corrected chi connectivity index (χ3v) is 1.65. The Kier molecular flexibility index (Phi) is 5.16. The van der Waals surface area contributed by atoms with Crippen molar-refractivity contribution < 1.29 is 4.74 Å². The van der Waals surface area contributed by atoms with E-state index in [0.29, 0.717) is 6.61 Å². The summed E-state index contributed by atoms with van der Waals surface area (Å²) in [5, 5.41) is 0. The number of ether oxygens (including phenoxy) is 1. The van der Waals surface area contributed by atoms with Crippen molar-refractivity contribution in [2.75, 3.05) is 6.61 Å².